The van der Waals surface area contributed by atoms with Crippen LogP contribution in [0.5, 0.6) is 0 Å². The molecule has 1 aromatic rings. The smallest absolute Gasteiger partial charge is 0.166 e. The highest BCUT2D eigenvalue weighted by atomic mass is 32.2. The molecule has 0 saturated carbocycles. The Morgan fingerprint density at radius 1 is 0.840 bits per heavy atom. The van der Waals surface area contributed by atoms with Gasteiger partial charge in [0, 0.05) is 0 Å². The largest absolute Gasteiger partial charge is 0.416 e. The fourth-order valence-electron chi connectivity index (χ4n) is 2.49. The highest BCUT2D eigenvalue weighted by Crippen LogP contribution is 2.55. The average molecular weight is 402 g/mol. The number of hydrogen-bond acceptors (Lipinski definition) is 2. The van der Waals surface area contributed by atoms with E-state index in [9.17, 15) is 26.3 Å². The van der Waals surface area contributed by atoms with E-state index in [1.807, 2.05) is 0 Å². The first-order valence-electron chi connectivity index (χ1n) is 7.71. The van der Waals surface area contributed by atoms with Gasteiger partial charge in [0.05, 0.1) is 15.2 Å². The van der Waals surface area contributed by atoms with Gasteiger partial charge in [-0.2, -0.15) is 26.3 Å². The third-order valence-electron chi connectivity index (χ3n) is 4.46. The van der Waals surface area contributed by atoms with Crippen LogP contribution >= 0.6 is 23.5 Å². The van der Waals surface area contributed by atoms with Crippen LogP contribution in [-0.2, 0) is 16.4 Å². The van der Waals surface area contributed by atoms with Gasteiger partial charge in [-0.15, -0.1) is 23.5 Å². The minimum atomic E-state index is -4.82. The minimum absolute atomic E-state index is 0.0479. The first-order chi connectivity index (χ1) is 11.1. The van der Waals surface area contributed by atoms with Gasteiger partial charge in [0.15, 0.2) is 0 Å². The van der Waals surface area contributed by atoms with Crippen LogP contribution in [0.2, 0.25) is 0 Å². The zero-order valence-corrected chi connectivity index (χ0v) is 15.9. The Labute approximate surface area is 152 Å². The summed E-state index contributed by atoms with van der Waals surface area (Å²) in [7, 11) is 0. The molecule has 1 aliphatic rings. The maximum Gasteiger partial charge on any atom is 0.416 e. The molecule has 0 bridgehead atoms. The van der Waals surface area contributed by atoms with E-state index in [0.717, 1.165) is 12.1 Å². The summed E-state index contributed by atoms with van der Waals surface area (Å²) >= 11 is 2.84. The zero-order chi connectivity index (χ0) is 19.3. The standard InChI is InChI=1S/C17H20F6S2/c1-14(2,3)13-8-24-15(4,25-9-13)10-5-11(16(18,19)20)7-12(6-10)17(21,22)23/h5-7,13H,8-9H2,1-4H3. The number of alkyl halides is 6. The number of hydrogen-bond donors (Lipinski definition) is 0. The van der Waals surface area contributed by atoms with E-state index in [1.165, 1.54) is 23.5 Å². The molecule has 1 fully saturated rings. The van der Waals surface area contributed by atoms with Crippen LogP contribution in [-0.4, -0.2) is 11.5 Å². The second-order valence-electron chi connectivity index (χ2n) is 7.43. The van der Waals surface area contributed by atoms with Crippen LogP contribution in [0.15, 0.2) is 18.2 Å². The summed E-state index contributed by atoms with van der Waals surface area (Å²) < 4.78 is 77.6. The SMILES string of the molecule is CC1(c2cc(C(F)(F)F)cc(C(F)(F)F)c2)SCC(C(C)(C)C)CS1. The van der Waals surface area contributed by atoms with E-state index in [-0.39, 0.29) is 17.0 Å². The van der Waals surface area contributed by atoms with Crippen molar-refractivity contribution in [3.05, 3.63) is 34.9 Å². The Balaban J connectivity index is 2.41. The van der Waals surface area contributed by atoms with E-state index in [0.29, 0.717) is 17.4 Å². The first kappa shape index (κ1) is 20.8. The summed E-state index contributed by atoms with van der Waals surface area (Å²) in [5.41, 5.74) is -2.39. The lowest BCUT2D eigenvalue weighted by Gasteiger charge is -2.41. The van der Waals surface area contributed by atoms with E-state index < -0.39 is 27.6 Å². The van der Waals surface area contributed by atoms with Gasteiger partial charge in [-0.25, -0.2) is 0 Å². The van der Waals surface area contributed by atoms with Gasteiger partial charge < -0.3 is 0 Å². The third kappa shape index (κ3) is 4.81. The molecule has 0 nitrogen and oxygen atoms in total. The second kappa shape index (κ2) is 6.59. The molecule has 1 aromatic carbocycles. The fourth-order valence-corrected chi connectivity index (χ4v) is 6.23. The molecule has 0 radical (unpaired) electrons. The maximum atomic E-state index is 13.1. The molecule has 1 aliphatic heterocycles. The Morgan fingerprint density at radius 2 is 1.24 bits per heavy atom. The quantitative estimate of drug-likeness (QED) is 0.462. The fraction of sp³-hybridized carbons (Fsp3) is 0.647. The topological polar surface area (TPSA) is 0 Å². The van der Waals surface area contributed by atoms with Gasteiger partial charge in [-0.1, -0.05) is 20.8 Å². The van der Waals surface area contributed by atoms with Crippen LogP contribution in [0.1, 0.15) is 44.4 Å². The molecule has 0 atom stereocenters. The summed E-state index contributed by atoms with van der Waals surface area (Å²) in [6, 6.07) is 1.89. The molecule has 2 rings (SSSR count). The lowest BCUT2D eigenvalue weighted by Crippen LogP contribution is -2.33. The molecular formula is C17H20F6S2. The van der Waals surface area contributed by atoms with Gasteiger partial charge >= 0.3 is 12.4 Å². The molecule has 0 amide bonds. The monoisotopic (exact) mass is 402 g/mol. The van der Waals surface area contributed by atoms with Crippen molar-refractivity contribution in [2.24, 2.45) is 11.3 Å². The minimum Gasteiger partial charge on any atom is -0.166 e. The van der Waals surface area contributed by atoms with Crippen molar-refractivity contribution in [2.75, 3.05) is 11.5 Å². The van der Waals surface area contributed by atoms with Crippen molar-refractivity contribution in [1.82, 2.24) is 0 Å². The van der Waals surface area contributed by atoms with E-state index in [4.69, 9.17) is 0 Å². The Bertz CT molecular complexity index is 587. The van der Waals surface area contributed by atoms with Crippen molar-refractivity contribution in [3.8, 4) is 0 Å². The van der Waals surface area contributed by atoms with Gasteiger partial charge in [-0.05, 0) is 53.5 Å². The van der Waals surface area contributed by atoms with Crippen molar-refractivity contribution in [3.63, 3.8) is 0 Å². The van der Waals surface area contributed by atoms with Crippen LogP contribution in [0.3, 0.4) is 0 Å². The highest BCUT2D eigenvalue weighted by molar-refractivity contribution is 8.18. The lowest BCUT2D eigenvalue weighted by molar-refractivity contribution is -0.143. The Hall–Kier alpha value is -0.500. The molecule has 8 heteroatoms. The molecule has 0 N–H and O–H groups in total. The molecule has 0 aromatic heterocycles. The Kier molecular flexibility index (Phi) is 5.48. The molecule has 1 saturated heterocycles. The van der Waals surface area contributed by atoms with Crippen molar-refractivity contribution in [1.29, 1.82) is 0 Å². The lowest BCUT2D eigenvalue weighted by atomic mass is 9.83. The number of thioether (sulfide) groups is 2. The molecule has 142 valence electrons. The van der Waals surface area contributed by atoms with Gasteiger partial charge in [-0.3, -0.25) is 0 Å². The summed E-state index contributed by atoms with van der Waals surface area (Å²) in [5.74, 6) is 1.75. The number of rotatable bonds is 1. The number of halogens is 6. The predicted molar refractivity (Wildman–Crippen MR) is 91.7 cm³/mol. The summed E-state index contributed by atoms with van der Waals surface area (Å²) in [6.07, 6.45) is -9.63. The van der Waals surface area contributed by atoms with Crippen molar-refractivity contribution >= 4 is 23.5 Å². The van der Waals surface area contributed by atoms with Crippen LogP contribution < -0.4 is 0 Å². The van der Waals surface area contributed by atoms with E-state index in [1.54, 1.807) is 6.92 Å². The van der Waals surface area contributed by atoms with Gasteiger partial charge in [0.2, 0.25) is 0 Å². The van der Waals surface area contributed by atoms with E-state index in [2.05, 4.69) is 20.8 Å². The first-order valence-corrected chi connectivity index (χ1v) is 9.68. The molecule has 0 spiro atoms. The maximum absolute atomic E-state index is 13.1. The third-order valence-corrected chi connectivity index (χ3v) is 7.87. The van der Waals surface area contributed by atoms with Crippen LogP contribution in [0.4, 0.5) is 26.3 Å². The summed E-state index contributed by atoms with van der Waals surface area (Å²) in [5, 5.41) is 0. The summed E-state index contributed by atoms with van der Waals surface area (Å²) in [6.45, 7) is 7.98. The molecule has 0 unspecified atom stereocenters. The highest BCUT2D eigenvalue weighted by Gasteiger charge is 2.42. The van der Waals surface area contributed by atoms with E-state index >= 15 is 0 Å². The van der Waals surface area contributed by atoms with Crippen LogP contribution in [0, 0.1) is 11.3 Å². The number of benzene rings is 1. The second-order valence-corrected chi connectivity index (χ2v) is 10.6. The van der Waals surface area contributed by atoms with Crippen LogP contribution in [0.25, 0.3) is 0 Å². The molecule has 1 heterocycles. The summed E-state index contributed by atoms with van der Waals surface area (Å²) in [4.78, 5) is 0. The van der Waals surface area contributed by atoms with Gasteiger partial charge in [0.1, 0.15) is 0 Å². The molecule has 0 aliphatic carbocycles. The average Bonchev–Trinajstić information content (AvgIpc) is 2.44. The van der Waals surface area contributed by atoms with Crippen molar-refractivity contribution < 1.29 is 26.3 Å². The molecule has 25 heavy (non-hydrogen) atoms. The van der Waals surface area contributed by atoms with Crippen molar-refractivity contribution in [2.45, 2.75) is 44.1 Å². The molecular weight excluding hydrogens is 382 g/mol. The Morgan fingerprint density at radius 3 is 1.56 bits per heavy atom. The predicted octanol–water partition coefficient (Wildman–Crippen LogP) is 7.04. The zero-order valence-electron chi connectivity index (χ0n) is 14.3. The van der Waals surface area contributed by atoms with Gasteiger partial charge in [0.25, 0.3) is 0 Å². The normalized spacial score (nSPS) is 25.9.